The molecule has 0 bridgehead atoms. The van der Waals surface area contributed by atoms with Gasteiger partial charge in [0, 0.05) is 5.56 Å². The van der Waals surface area contributed by atoms with Crippen LogP contribution in [0.5, 0.6) is 0 Å². The Morgan fingerprint density at radius 1 is 0.857 bits per heavy atom. The quantitative estimate of drug-likeness (QED) is 0.678. The Morgan fingerprint density at radius 3 is 2.00 bits per heavy atom. The first-order chi connectivity index (χ1) is 6.75. The molecule has 0 spiro atoms. The maximum absolute atomic E-state index is 3.91. The number of hydrogen-bond acceptors (Lipinski definition) is 4. The monoisotopic (exact) mass is 186 g/mol. The van der Waals surface area contributed by atoms with E-state index in [2.05, 4.69) is 26.5 Å². The smallest absolute Gasteiger partial charge is 0.135 e. The first-order valence-corrected chi connectivity index (χ1v) is 4.35. The highest BCUT2D eigenvalue weighted by Crippen LogP contribution is 2.16. The van der Waals surface area contributed by atoms with Crippen LogP contribution in [0.3, 0.4) is 0 Å². The molecule has 0 saturated carbocycles. The minimum absolute atomic E-state index is 0.569. The second-order valence-electron chi connectivity index (χ2n) is 3.25. The van der Waals surface area contributed by atoms with Crippen molar-refractivity contribution in [1.29, 1.82) is 0 Å². The number of hydrogen-bond donors (Lipinski definition) is 0. The van der Waals surface area contributed by atoms with Gasteiger partial charge in [-0.2, -0.15) is 0 Å². The van der Waals surface area contributed by atoms with Crippen LogP contribution in [0.2, 0.25) is 0 Å². The van der Waals surface area contributed by atoms with Gasteiger partial charge >= 0.3 is 0 Å². The van der Waals surface area contributed by atoms with E-state index in [0.717, 1.165) is 5.56 Å². The zero-order valence-corrected chi connectivity index (χ0v) is 8.10. The maximum atomic E-state index is 3.91. The summed E-state index contributed by atoms with van der Waals surface area (Å²) in [6.45, 7) is 4.08. The molecule has 1 heterocycles. The van der Waals surface area contributed by atoms with Crippen molar-refractivity contribution < 1.29 is 0 Å². The molecule has 0 N–H and O–H groups in total. The van der Waals surface area contributed by atoms with Gasteiger partial charge in [-0.15, -0.1) is 20.4 Å². The normalized spacial score (nSPS) is 10.1. The Kier molecular flexibility index (Phi) is 2.18. The summed E-state index contributed by atoms with van der Waals surface area (Å²) in [6, 6.07) is 6.14. The van der Waals surface area contributed by atoms with Crippen LogP contribution in [-0.2, 0) is 0 Å². The van der Waals surface area contributed by atoms with Crippen LogP contribution in [0.15, 0.2) is 24.5 Å². The summed E-state index contributed by atoms with van der Waals surface area (Å²) in [5, 5.41) is 15.2. The lowest BCUT2D eigenvalue weighted by Crippen LogP contribution is -1.94. The van der Waals surface area contributed by atoms with Gasteiger partial charge in [-0.05, 0) is 26.0 Å². The van der Waals surface area contributed by atoms with Crippen molar-refractivity contribution in [3.63, 3.8) is 0 Å². The average Bonchev–Trinajstić information content (AvgIpc) is 2.18. The fourth-order valence-electron chi connectivity index (χ4n) is 1.42. The molecule has 0 fully saturated rings. The fraction of sp³-hybridized carbons (Fsp3) is 0.200. The first-order valence-electron chi connectivity index (χ1n) is 4.35. The molecule has 0 aliphatic rings. The van der Waals surface area contributed by atoms with Crippen LogP contribution in [-0.4, -0.2) is 20.4 Å². The van der Waals surface area contributed by atoms with Crippen LogP contribution >= 0.6 is 0 Å². The van der Waals surface area contributed by atoms with E-state index < -0.39 is 0 Å². The van der Waals surface area contributed by atoms with E-state index in [1.54, 1.807) is 0 Å². The molecule has 0 aliphatic carbocycles. The lowest BCUT2D eigenvalue weighted by Gasteiger charge is -2.01. The molecule has 70 valence electrons. The Morgan fingerprint density at radius 2 is 1.43 bits per heavy atom. The Bertz CT molecular complexity index is 419. The van der Waals surface area contributed by atoms with Crippen molar-refractivity contribution in [3.8, 4) is 11.4 Å². The summed E-state index contributed by atoms with van der Waals surface area (Å²) in [5.41, 5.74) is 3.34. The van der Waals surface area contributed by atoms with Crippen molar-refractivity contribution in [2.24, 2.45) is 0 Å². The average molecular weight is 186 g/mol. The highest BCUT2D eigenvalue weighted by molar-refractivity contribution is 5.56. The molecule has 4 heteroatoms. The van der Waals surface area contributed by atoms with Crippen LogP contribution in [0.25, 0.3) is 11.4 Å². The Balaban J connectivity index is 2.52. The summed E-state index contributed by atoms with van der Waals surface area (Å²) in [7, 11) is 0. The highest BCUT2D eigenvalue weighted by atomic mass is 15.3. The third-order valence-corrected chi connectivity index (χ3v) is 1.89. The van der Waals surface area contributed by atoms with E-state index in [-0.39, 0.29) is 0 Å². The lowest BCUT2D eigenvalue weighted by molar-refractivity contribution is 0.864. The number of nitrogens with zero attached hydrogens (tertiary/aromatic N) is 4. The molecule has 0 unspecified atom stereocenters. The second kappa shape index (κ2) is 3.49. The van der Waals surface area contributed by atoms with E-state index in [1.807, 2.05) is 26.0 Å². The summed E-state index contributed by atoms with van der Waals surface area (Å²) >= 11 is 0. The summed E-state index contributed by atoms with van der Waals surface area (Å²) < 4.78 is 0. The lowest BCUT2D eigenvalue weighted by atomic mass is 10.1. The first kappa shape index (κ1) is 8.74. The molecule has 0 aliphatic heterocycles. The van der Waals surface area contributed by atoms with E-state index in [9.17, 15) is 0 Å². The second-order valence-corrected chi connectivity index (χ2v) is 3.25. The molecule has 2 rings (SSSR count). The van der Waals surface area contributed by atoms with Gasteiger partial charge in [0.15, 0.2) is 6.33 Å². The van der Waals surface area contributed by atoms with Gasteiger partial charge in [0.1, 0.15) is 0 Å². The van der Waals surface area contributed by atoms with Crippen molar-refractivity contribution in [3.05, 3.63) is 35.7 Å². The van der Waals surface area contributed by atoms with Gasteiger partial charge in [0.25, 0.3) is 0 Å². The standard InChI is InChI=1S/C10H10N4/c1-7-3-8(2)5-9(4-7)10-13-11-6-12-14-10/h3-6H,1-2H3. The molecule has 0 radical (unpaired) electrons. The van der Waals surface area contributed by atoms with Crippen LogP contribution in [0, 0.1) is 13.8 Å². The third kappa shape index (κ3) is 1.74. The number of rotatable bonds is 1. The predicted octanol–water partition coefficient (Wildman–Crippen LogP) is 1.55. The molecule has 0 saturated heterocycles. The van der Waals surface area contributed by atoms with Crippen LogP contribution < -0.4 is 0 Å². The van der Waals surface area contributed by atoms with E-state index in [0.29, 0.717) is 5.82 Å². The number of aromatic nitrogens is 4. The minimum Gasteiger partial charge on any atom is -0.135 e. The summed E-state index contributed by atoms with van der Waals surface area (Å²) in [4.78, 5) is 0. The molecular formula is C10H10N4. The minimum atomic E-state index is 0.569. The summed E-state index contributed by atoms with van der Waals surface area (Å²) in [5.74, 6) is 0.569. The maximum Gasteiger partial charge on any atom is 0.203 e. The van der Waals surface area contributed by atoms with Crippen molar-refractivity contribution >= 4 is 0 Å². The van der Waals surface area contributed by atoms with Crippen molar-refractivity contribution in [1.82, 2.24) is 20.4 Å². The SMILES string of the molecule is Cc1cc(C)cc(-c2nncnn2)c1. The molecule has 2 aromatic rings. The largest absolute Gasteiger partial charge is 0.203 e. The Labute approximate surface area is 82.0 Å². The van der Waals surface area contributed by atoms with Gasteiger partial charge < -0.3 is 0 Å². The molecule has 14 heavy (non-hydrogen) atoms. The number of aryl methyl sites for hydroxylation is 2. The van der Waals surface area contributed by atoms with Crippen LogP contribution in [0.1, 0.15) is 11.1 Å². The molecule has 0 amide bonds. The highest BCUT2D eigenvalue weighted by Gasteiger charge is 2.02. The molecule has 4 nitrogen and oxygen atoms in total. The molecule has 1 aromatic heterocycles. The topological polar surface area (TPSA) is 51.6 Å². The van der Waals surface area contributed by atoms with Gasteiger partial charge in [0.2, 0.25) is 5.82 Å². The van der Waals surface area contributed by atoms with E-state index >= 15 is 0 Å². The third-order valence-electron chi connectivity index (χ3n) is 1.89. The number of benzene rings is 1. The van der Waals surface area contributed by atoms with E-state index in [4.69, 9.17) is 0 Å². The molecular weight excluding hydrogens is 176 g/mol. The van der Waals surface area contributed by atoms with Gasteiger partial charge in [-0.1, -0.05) is 17.2 Å². The van der Waals surface area contributed by atoms with Gasteiger partial charge in [0.05, 0.1) is 0 Å². The van der Waals surface area contributed by atoms with Gasteiger partial charge in [-0.3, -0.25) is 0 Å². The summed E-state index contributed by atoms with van der Waals surface area (Å²) in [6.07, 6.45) is 1.33. The van der Waals surface area contributed by atoms with Gasteiger partial charge in [-0.25, -0.2) is 0 Å². The fourth-order valence-corrected chi connectivity index (χ4v) is 1.42. The zero-order chi connectivity index (χ0) is 9.97. The zero-order valence-electron chi connectivity index (χ0n) is 8.10. The van der Waals surface area contributed by atoms with Crippen LogP contribution in [0.4, 0.5) is 0 Å². The molecule has 1 aromatic carbocycles. The van der Waals surface area contributed by atoms with Crippen molar-refractivity contribution in [2.45, 2.75) is 13.8 Å². The predicted molar refractivity (Wildman–Crippen MR) is 52.5 cm³/mol. The molecule has 0 atom stereocenters. The Hall–Kier alpha value is -1.84. The van der Waals surface area contributed by atoms with Crippen molar-refractivity contribution in [2.75, 3.05) is 0 Å². The van der Waals surface area contributed by atoms with E-state index in [1.165, 1.54) is 17.5 Å².